The van der Waals surface area contributed by atoms with Crippen LogP contribution in [0.1, 0.15) is 45.1 Å². The van der Waals surface area contributed by atoms with Crippen LogP contribution in [-0.2, 0) is 9.59 Å². The molecule has 166 valence electrons. The van der Waals surface area contributed by atoms with Gasteiger partial charge in [-0.15, -0.1) is 0 Å². The third-order valence-electron chi connectivity index (χ3n) is 5.99. The highest BCUT2D eigenvalue weighted by Crippen LogP contribution is 2.47. The Morgan fingerprint density at radius 1 is 1.16 bits per heavy atom. The minimum Gasteiger partial charge on any atom is -0.497 e. The Morgan fingerprint density at radius 3 is 2.62 bits per heavy atom. The molecule has 32 heavy (non-hydrogen) atoms. The Balaban J connectivity index is 1.82. The van der Waals surface area contributed by atoms with Crippen molar-refractivity contribution in [3.8, 4) is 5.75 Å². The smallest absolute Gasteiger partial charge is 0.254 e. The zero-order valence-electron chi connectivity index (χ0n) is 18.7. The number of carbonyl (C=O) groups is 2. The second-order valence-electron chi connectivity index (χ2n) is 9.17. The van der Waals surface area contributed by atoms with E-state index in [1.807, 2.05) is 31.2 Å². The van der Waals surface area contributed by atoms with Crippen LogP contribution in [-0.4, -0.2) is 18.8 Å². The Morgan fingerprint density at radius 2 is 1.91 bits per heavy atom. The summed E-state index contributed by atoms with van der Waals surface area (Å²) in [6, 6.07) is 13.2. The number of nitrogens with one attached hydrogen (secondary N) is 2. The van der Waals surface area contributed by atoms with Gasteiger partial charge in [0.2, 0.25) is 0 Å². The summed E-state index contributed by atoms with van der Waals surface area (Å²) in [5.41, 5.74) is 3.59. The fraction of sp³-hybridized carbons (Fsp3) is 0.308. The number of ether oxygens (including phenoxy) is 1. The Labute approximate surface area is 187 Å². The van der Waals surface area contributed by atoms with Gasteiger partial charge in [0, 0.05) is 40.6 Å². The number of methoxy groups -OCH3 is 1. The molecule has 1 unspecified atom stereocenters. The molecule has 5 nitrogen and oxygen atoms in total. The summed E-state index contributed by atoms with van der Waals surface area (Å²) in [6.07, 6.45) is 1.12. The number of dihydropyridines is 1. The number of ketones is 1. The van der Waals surface area contributed by atoms with Gasteiger partial charge in [0.05, 0.1) is 7.11 Å². The highest BCUT2D eigenvalue weighted by Gasteiger charge is 2.42. The summed E-state index contributed by atoms with van der Waals surface area (Å²) in [5, 5.41) is 6.13. The van der Waals surface area contributed by atoms with Crippen LogP contribution < -0.4 is 15.4 Å². The van der Waals surface area contributed by atoms with Gasteiger partial charge in [-0.25, -0.2) is 4.39 Å². The summed E-state index contributed by atoms with van der Waals surface area (Å²) in [5.74, 6) is -0.681. The highest BCUT2D eigenvalue weighted by atomic mass is 19.1. The average molecular weight is 435 g/mol. The lowest BCUT2D eigenvalue weighted by atomic mass is 9.68. The topological polar surface area (TPSA) is 67.4 Å². The molecule has 0 bridgehead atoms. The van der Waals surface area contributed by atoms with Crippen molar-refractivity contribution in [3.63, 3.8) is 0 Å². The zero-order valence-corrected chi connectivity index (χ0v) is 18.7. The molecule has 2 aromatic rings. The molecule has 6 heteroatoms. The van der Waals surface area contributed by atoms with E-state index in [0.717, 1.165) is 11.3 Å². The second kappa shape index (κ2) is 8.26. The van der Waals surface area contributed by atoms with Gasteiger partial charge in [-0.3, -0.25) is 9.59 Å². The molecule has 1 aliphatic heterocycles. The van der Waals surface area contributed by atoms with Crippen molar-refractivity contribution in [2.45, 2.75) is 39.5 Å². The molecule has 2 aliphatic rings. The molecule has 1 heterocycles. The van der Waals surface area contributed by atoms with Gasteiger partial charge in [0.15, 0.2) is 5.78 Å². The Bertz CT molecular complexity index is 1160. The quantitative estimate of drug-likeness (QED) is 0.705. The fourth-order valence-corrected chi connectivity index (χ4v) is 4.66. The molecular weight excluding hydrogens is 407 g/mol. The van der Waals surface area contributed by atoms with E-state index in [0.29, 0.717) is 41.1 Å². The first kappa shape index (κ1) is 21.8. The van der Waals surface area contributed by atoms with Gasteiger partial charge in [0.1, 0.15) is 11.6 Å². The molecule has 0 aromatic heterocycles. The van der Waals surface area contributed by atoms with Gasteiger partial charge >= 0.3 is 0 Å². The van der Waals surface area contributed by atoms with Crippen LogP contribution in [0.2, 0.25) is 0 Å². The molecule has 1 amide bonds. The maximum Gasteiger partial charge on any atom is 0.254 e. The number of rotatable bonds is 4. The van der Waals surface area contributed by atoms with Crippen LogP contribution >= 0.6 is 0 Å². The molecule has 1 atom stereocenters. The SMILES string of the molecule is COc1cccc(C2C(C(=O)Nc3cccc(F)c3)=C(C)NC3=C2C(=O)CC(C)(C)C3)c1. The van der Waals surface area contributed by atoms with Crippen molar-refractivity contribution >= 4 is 17.4 Å². The summed E-state index contributed by atoms with van der Waals surface area (Å²) < 4.78 is 19.1. The van der Waals surface area contributed by atoms with Gasteiger partial charge in [-0.05, 0) is 54.7 Å². The summed E-state index contributed by atoms with van der Waals surface area (Å²) in [7, 11) is 1.58. The van der Waals surface area contributed by atoms with E-state index in [-0.39, 0.29) is 17.1 Å². The van der Waals surface area contributed by atoms with Crippen molar-refractivity contribution in [1.29, 1.82) is 0 Å². The number of benzene rings is 2. The first-order valence-electron chi connectivity index (χ1n) is 10.6. The molecule has 2 N–H and O–H groups in total. The molecule has 4 rings (SSSR count). The molecule has 0 saturated carbocycles. The highest BCUT2D eigenvalue weighted by molar-refractivity contribution is 6.10. The zero-order chi connectivity index (χ0) is 23.0. The summed E-state index contributed by atoms with van der Waals surface area (Å²) in [6.45, 7) is 5.98. The van der Waals surface area contributed by atoms with E-state index >= 15 is 0 Å². The van der Waals surface area contributed by atoms with E-state index in [9.17, 15) is 14.0 Å². The van der Waals surface area contributed by atoms with Crippen molar-refractivity contribution in [3.05, 3.63) is 82.5 Å². The summed E-state index contributed by atoms with van der Waals surface area (Å²) >= 11 is 0. The van der Waals surface area contributed by atoms with Crippen molar-refractivity contribution in [1.82, 2.24) is 5.32 Å². The van der Waals surface area contributed by atoms with E-state index < -0.39 is 11.7 Å². The van der Waals surface area contributed by atoms with E-state index in [4.69, 9.17) is 4.74 Å². The number of Topliss-reactive ketones (excluding diaryl/α,β-unsaturated/α-hetero) is 1. The molecule has 2 aromatic carbocycles. The van der Waals surface area contributed by atoms with Crippen molar-refractivity contribution in [2.24, 2.45) is 5.41 Å². The number of hydrogen-bond donors (Lipinski definition) is 2. The minimum absolute atomic E-state index is 0.0279. The van der Waals surface area contributed by atoms with Gasteiger partial charge < -0.3 is 15.4 Å². The second-order valence-corrected chi connectivity index (χ2v) is 9.17. The van der Waals surface area contributed by atoms with Crippen LogP contribution in [0.25, 0.3) is 0 Å². The van der Waals surface area contributed by atoms with Crippen molar-refractivity contribution in [2.75, 3.05) is 12.4 Å². The Kier molecular flexibility index (Phi) is 5.63. The lowest BCUT2D eigenvalue weighted by Gasteiger charge is -2.39. The largest absolute Gasteiger partial charge is 0.497 e. The number of amides is 1. The lowest BCUT2D eigenvalue weighted by Crippen LogP contribution is -2.39. The summed E-state index contributed by atoms with van der Waals surface area (Å²) in [4.78, 5) is 26.8. The van der Waals surface area contributed by atoms with E-state index in [1.54, 1.807) is 13.2 Å². The average Bonchev–Trinajstić information content (AvgIpc) is 2.71. The number of anilines is 1. The standard InChI is InChI=1S/C26H27FN2O3/c1-15-22(25(31)29-18-9-6-8-17(27)12-18)23(16-7-5-10-19(11-16)32-4)24-20(28-15)13-26(2,3)14-21(24)30/h5-12,23,28H,13-14H2,1-4H3,(H,29,31). The van der Waals surface area contributed by atoms with Gasteiger partial charge in [-0.1, -0.05) is 32.0 Å². The molecule has 0 saturated heterocycles. The predicted molar refractivity (Wildman–Crippen MR) is 122 cm³/mol. The maximum atomic E-state index is 13.7. The van der Waals surface area contributed by atoms with E-state index in [1.165, 1.54) is 18.2 Å². The van der Waals surface area contributed by atoms with Gasteiger partial charge in [0.25, 0.3) is 5.91 Å². The number of carbonyl (C=O) groups excluding carboxylic acids is 2. The third-order valence-corrected chi connectivity index (χ3v) is 5.99. The first-order chi connectivity index (χ1) is 15.2. The molecule has 0 fully saturated rings. The van der Waals surface area contributed by atoms with Crippen LogP contribution in [0.3, 0.4) is 0 Å². The van der Waals surface area contributed by atoms with E-state index in [2.05, 4.69) is 24.5 Å². The molecular formula is C26H27FN2O3. The maximum absolute atomic E-state index is 13.7. The normalized spacial score (nSPS) is 19.9. The van der Waals surface area contributed by atoms with Crippen molar-refractivity contribution < 1.29 is 18.7 Å². The third kappa shape index (κ3) is 4.17. The van der Waals surface area contributed by atoms with Crippen LogP contribution in [0, 0.1) is 11.2 Å². The van der Waals surface area contributed by atoms with Crippen LogP contribution in [0.5, 0.6) is 5.75 Å². The number of halogens is 1. The Hall–Kier alpha value is -3.41. The van der Waals surface area contributed by atoms with Crippen LogP contribution in [0.15, 0.2) is 71.1 Å². The van der Waals surface area contributed by atoms with Gasteiger partial charge in [-0.2, -0.15) is 0 Å². The predicted octanol–water partition coefficient (Wildman–Crippen LogP) is 5.08. The number of allylic oxidation sites excluding steroid dienone is 3. The minimum atomic E-state index is -0.543. The van der Waals surface area contributed by atoms with Crippen LogP contribution in [0.4, 0.5) is 10.1 Å². The molecule has 0 radical (unpaired) electrons. The lowest BCUT2D eigenvalue weighted by molar-refractivity contribution is -0.118. The first-order valence-corrected chi connectivity index (χ1v) is 10.6. The molecule has 1 aliphatic carbocycles. The monoisotopic (exact) mass is 434 g/mol. The molecule has 0 spiro atoms. The number of hydrogen-bond acceptors (Lipinski definition) is 4. The fourth-order valence-electron chi connectivity index (χ4n) is 4.66.